The number of aryl methyl sites for hydroxylation is 2. The molecule has 1 amide bonds. The number of anilines is 1. The molecule has 0 unspecified atom stereocenters. The lowest BCUT2D eigenvalue weighted by molar-refractivity contribution is -0.120. The summed E-state index contributed by atoms with van der Waals surface area (Å²) in [6.45, 7) is 5.03. The minimum Gasteiger partial charge on any atom is -0.360 e. The van der Waals surface area contributed by atoms with Crippen LogP contribution >= 0.6 is 0 Å². The Balaban J connectivity index is 1.75. The van der Waals surface area contributed by atoms with Gasteiger partial charge in [-0.2, -0.15) is 4.31 Å². The maximum absolute atomic E-state index is 13.0. The van der Waals surface area contributed by atoms with E-state index < -0.39 is 15.9 Å². The van der Waals surface area contributed by atoms with Crippen molar-refractivity contribution in [2.75, 3.05) is 18.4 Å². The van der Waals surface area contributed by atoms with E-state index in [4.69, 9.17) is 4.52 Å². The topological polar surface area (TPSA) is 110 Å². The van der Waals surface area contributed by atoms with Crippen molar-refractivity contribution in [1.82, 2.24) is 9.46 Å². The van der Waals surface area contributed by atoms with Crippen molar-refractivity contribution in [2.45, 2.75) is 38.5 Å². The lowest BCUT2D eigenvalue weighted by Crippen LogP contribution is -2.43. The van der Waals surface area contributed by atoms with Gasteiger partial charge in [-0.3, -0.25) is 9.59 Å². The van der Waals surface area contributed by atoms with E-state index in [2.05, 4.69) is 10.5 Å². The van der Waals surface area contributed by atoms with Crippen molar-refractivity contribution in [3.05, 3.63) is 41.3 Å². The molecule has 1 aromatic heterocycles. The van der Waals surface area contributed by atoms with Crippen LogP contribution in [0.15, 0.2) is 33.7 Å². The van der Waals surface area contributed by atoms with Crippen molar-refractivity contribution in [3.63, 3.8) is 0 Å². The van der Waals surface area contributed by atoms with E-state index in [9.17, 15) is 18.0 Å². The molecule has 0 bridgehead atoms. The van der Waals surface area contributed by atoms with Crippen LogP contribution in [0.4, 0.5) is 5.69 Å². The number of amides is 1. The monoisotopic (exact) mass is 405 g/mol. The van der Waals surface area contributed by atoms with Gasteiger partial charge in [-0.25, -0.2) is 8.42 Å². The summed E-state index contributed by atoms with van der Waals surface area (Å²) < 4.78 is 32.3. The molecule has 0 radical (unpaired) electrons. The summed E-state index contributed by atoms with van der Waals surface area (Å²) in [7, 11) is -3.78. The quantitative estimate of drug-likeness (QED) is 0.766. The fourth-order valence-corrected chi connectivity index (χ4v) is 5.22. The third-order valence-electron chi connectivity index (χ3n) is 4.86. The first-order chi connectivity index (χ1) is 13.2. The molecule has 0 aliphatic carbocycles. The van der Waals surface area contributed by atoms with Gasteiger partial charge in [0.1, 0.15) is 10.6 Å². The van der Waals surface area contributed by atoms with Gasteiger partial charge in [0.25, 0.3) is 0 Å². The molecule has 28 heavy (non-hydrogen) atoms. The van der Waals surface area contributed by atoms with Crippen molar-refractivity contribution in [3.8, 4) is 0 Å². The fraction of sp³-hybridized carbons (Fsp3) is 0.421. The smallest absolute Gasteiger partial charge is 0.248 e. The Kier molecular flexibility index (Phi) is 5.66. The number of benzene rings is 1. The highest BCUT2D eigenvalue weighted by atomic mass is 32.2. The molecule has 1 N–H and O–H groups in total. The summed E-state index contributed by atoms with van der Waals surface area (Å²) in [4.78, 5) is 24.3. The van der Waals surface area contributed by atoms with Crippen molar-refractivity contribution in [2.24, 2.45) is 5.92 Å². The SMILES string of the molecule is CC(=O)c1cccc(NC(=O)[C@@H]2CCCN(S(=O)(=O)c3c(C)noc3C)C2)c1. The molecule has 1 fully saturated rings. The number of carbonyl (C=O) groups excluding carboxylic acids is 2. The molecule has 150 valence electrons. The summed E-state index contributed by atoms with van der Waals surface area (Å²) in [5, 5.41) is 6.51. The van der Waals surface area contributed by atoms with Crippen LogP contribution in [0.25, 0.3) is 0 Å². The first kappa shape index (κ1) is 20.2. The van der Waals surface area contributed by atoms with Gasteiger partial charge in [0, 0.05) is 24.3 Å². The molecule has 0 spiro atoms. The van der Waals surface area contributed by atoms with Crippen LogP contribution in [0.5, 0.6) is 0 Å². The highest BCUT2D eigenvalue weighted by molar-refractivity contribution is 7.89. The predicted molar refractivity (Wildman–Crippen MR) is 103 cm³/mol. The number of sulfonamides is 1. The number of hydrogen-bond acceptors (Lipinski definition) is 6. The van der Waals surface area contributed by atoms with E-state index in [1.807, 2.05) is 0 Å². The highest BCUT2D eigenvalue weighted by Gasteiger charge is 2.36. The van der Waals surface area contributed by atoms with Crippen LogP contribution < -0.4 is 5.32 Å². The molecule has 9 heteroatoms. The summed E-state index contributed by atoms with van der Waals surface area (Å²) in [6, 6.07) is 6.69. The Morgan fingerprint density at radius 3 is 2.68 bits per heavy atom. The van der Waals surface area contributed by atoms with Gasteiger partial charge in [-0.1, -0.05) is 17.3 Å². The first-order valence-electron chi connectivity index (χ1n) is 9.05. The Hall–Kier alpha value is -2.52. The molecule has 2 heterocycles. The summed E-state index contributed by atoms with van der Waals surface area (Å²) in [6.07, 6.45) is 1.17. The molecule has 1 aliphatic heterocycles. The second-order valence-electron chi connectivity index (χ2n) is 6.98. The zero-order valence-corrected chi connectivity index (χ0v) is 16.9. The third-order valence-corrected chi connectivity index (χ3v) is 6.97. The van der Waals surface area contributed by atoms with Crippen LogP contribution in [0.1, 0.15) is 41.6 Å². The lowest BCUT2D eigenvalue weighted by atomic mass is 9.98. The number of ketones is 1. The second-order valence-corrected chi connectivity index (χ2v) is 8.86. The number of nitrogens with one attached hydrogen (secondary N) is 1. The summed E-state index contributed by atoms with van der Waals surface area (Å²) >= 11 is 0. The Morgan fingerprint density at radius 1 is 1.29 bits per heavy atom. The molecule has 0 saturated carbocycles. The zero-order chi connectivity index (χ0) is 20.5. The largest absolute Gasteiger partial charge is 0.360 e. The van der Waals surface area contributed by atoms with Gasteiger partial charge < -0.3 is 9.84 Å². The van der Waals surface area contributed by atoms with Gasteiger partial charge in [-0.05, 0) is 45.7 Å². The van der Waals surface area contributed by atoms with E-state index in [1.54, 1.807) is 38.1 Å². The first-order valence-corrected chi connectivity index (χ1v) is 10.5. The maximum Gasteiger partial charge on any atom is 0.248 e. The van der Waals surface area contributed by atoms with Gasteiger partial charge in [0.2, 0.25) is 15.9 Å². The lowest BCUT2D eigenvalue weighted by Gasteiger charge is -2.31. The molecule has 8 nitrogen and oxygen atoms in total. The molecule has 1 aromatic carbocycles. The van der Waals surface area contributed by atoms with Gasteiger partial charge in [0.05, 0.1) is 5.92 Å². The van der Waals surface area contributed by atoms with Crippen molar-refractivity contribution in [1.29, 1.82) is 0 Å². The van der Waals surface area contributed by atoms with Crippen LogP contribution in [0.3, 0.4) is 0 Å². The van der Waals surface area contributed by atoms with E-state index in [1.165, 1.54) is 11.2 Å². The van der Waals surface area contributed by atoms with Gasteiger partial charge >= 0.3 is 0 Å². The fourth-order valence-electron chi connectivity index (χ4n) is 3.41. The molecular weight excluding hydrogens is 382 g/mol. The molecule has 3 rings (SSSR count). The molecular formula is C19H23N3O5S. The van der Waals surface area contributed by atoms with E-state index in [0.717, 1.165) is 0 Å². The number of rotatable bonds is 5. The summed E-state index contributed by atoms with van der Waals surface area (Å²) in [5.41, 5.74) is 1.33. The van der Waals surface area contributed by atoms with E-state index in [0.29, 0.717) is 36.3 Å². The third kappa shape index (κ3) is 4.00. The number of nitrogens with zero attached hydrogens (tertiary/aromatic N) is 2. The van der Waals surface area contributed by atoms with Gasteiger partial charge in [0.15, 0.2) is 11.5 Å². The molecule has 2 aromatic rings. The van der Waals surface area contributed by atoms with Crippen LogP contribution in [0.2, 0.25) is 0 Å². The van der Waals surface area contributed by atoms with Crippen LogP contribution in [-0.2, 0) is 14.8 Å². The van der Waals surface area contributed by atoms with E-state index in [-0.39, 0.29) is 28.9 Å². The summed E-state index contributed by atoms with van der Waals surface area (Å²) in [5.74, 6) is -0.597. The van der Waals surface area contributed by atoms with Crippen LogP contribution in [-0.4, -0.2) is 42.7 Å². The Morgan fingerprint density at radius 2 is 2.04 bits per heavy atom. The number of hydrogen-bond donors (Lipinski definition) is 1. The molecule has 1 saturated heterocycles. The number of aromatic nitrogens is 1. The zero-order valence-electron chi connectivity index (χ0n) is 16.1. The Bertz CT molecular complexity index is 993. The van der Waals surface area contributed by atoms with Crippen LogP contribution in [0, 0.1) is 19.8 Å². The average molecular weight is 405 g/mol. The number of Topliss-reactive ketones (excluding diaryl/α,β-unsaturated/α-hetero) is 1. The minimum absolute atomic E-state index is 0.0720. The second kappa shape index (κ2) is 7.84. The predicted octanol–water partition coefficient (Wildman–Crippen LogP) is 2.53. The normalized spacial score (nSPS) is 18.0. The van der Waals surface area contributed by atoms with E-state index >= 15 is 0 Å². The standard InChI is InChI=1S/C19H23N3O5S/c1-12-18(14(3)27-21-12)28(25,26)22-9-5-7-16(11-22)19(24)20-17-8-4-6-15(10-17)13(2)23/h4,6,8,10,16H,5,7,9,11H2,1-3H3,(H,20,24)/t16-/m1/s1. The maximum atomic E-state index is 13.0. The highest BCUT2D eigenvalue weighted by Crippen LogP contribution is 2.28. The van der Waals surface area contributed by atoms with Crippen molar-refractivity contribution >= 4 is 27.4 Å². The van der Waals surface area contributed by atoms with Gasteiger partial charge in [-0.15, -0.1) is 0 Å². The van der Waals surface area contributed by atoms with Crippen molar-refractivity contribution < 1.29 is 22.5 Å². The minimum atomic E-state index is -3.78. The Labute approximate surface area is 163 Å². The molecule has 1 aliphatic rings. The molecule has 1 atom stereocenters. The number of piperidine rings is 1. The number of carbonyl (C=O) groups is 2. The average Bonchev–Trinajstić information content (AvgIpc) is 3.01.